The molecule has 3 heterocycles. The molecule has 3 aromatic rings. The zero-order valence-electron chi connectivity index (χ0n) is 16.5. The molecule has 146 valence electrons. The van der Waals surface area contributed by atoms with Gasteiger partial charge in [0.1, 0.15) is 0 Å². The van der Waals surface area contributed by atoms with Gasteiger partial charge in [-0.15, -0.1) is 5.10 Å². The maximum atomic E-state index is 12.4. The molecular formula is C21H25N5O2. The molecule has 1 aliphatic rings. The van der Waals surface area contributed by atoms with Crippen molar-refractivity contribution in [3.05, 3.63) is 69.5 Å². The third kappa shape index (κ3) is 4.13. The van der Waals surface area contributed by atoms with E-state index in [2.05, 4.69) is 27.3 Å². The van der Waals surface area contributed by atoms with Gasteiger partial charge in [-0.2, -0.15) is 5.10 Å². The molecule has 3 aromatic heterocycles. The van der Waals surface area contributed by atoms with E-state index >= 15 is 0 Å². The van der Waals surface area contributed by atoms with Crippen molar-refractivity contribution in [2.45, 2.75) is 32.1 Å². The van der Waals surface area contributed by atoms with Gasteiger partial charge in [-0.1, -0.05) is 6.07 Å². The Morgan fingerprint density at radius 3 is 2.75 bits per heavy atom. The highest BCUT2D eigenvalue weighted by atomic mass is 16.5. The molecule has 0 amide bonds. The molecule has 28 heavy (non-hydrogen) atoms. The van der Waals surface area contributed by atoms with Crippen molar-refractivity contribution < 1.29 is 4.74 Å². The quantitative estimate of drug-likeness (QED) is 0.629. The van der Waals surface area contributed by atoms with Crippen LogP contribution in [-0.4, -0.2) is 31.2 Å². The molecule has 4 rings (SSSR count). The van der Waals surface area contributed by atoms with Crippen LogP contribution in [0.15, 0.2) is 41.5 Å². The lowest BCUT2D eigenvalue weighted by molar-refractivity contribution is 0.277. The Bertz CT molecular complexity index is 1020. The summed E-state index contributed by atoms with van der Waals surface area (Å²) in [4.78, 5) is 16.9. The van der Waals surface area contributed by atoms with Crippen LogP contribution in [0.2, 0.25) is 0 Å². The molecule has 0 aliphatic heterocycles. The summed E-state index contributed by atoms with van der Waals surface area (Å²) < 4.78 is 9.04. The first-order chi connectivity index (χ1) is 13.5. The number of hydrogen-bond donors (Lipinski definition) is 0. The van der Waals surface area contributed by atoms with Crippen molar-refractivity contribution >= 4 is 0 Å². The van der Waals surface area contributed by atoms with Crippen LogP contribution >= 0.6 is 0 Å². The predicted molar refractivity (Wildman–Crippen MR) is 105 cm³/mol. The monoisotopic (exact) mass is 379 g/mol. The first-order valence-corrected chi connectivity index (χ1v) is 9.60. The molecule has 0 N–H and O–H groups in total. The summed E-state index contributed by atoms with van der Waals surface area (Å²) in [5.41, 5.74) is 3.88. The molecule has 1 aliphatic carbocycles. The van der Waals surface area contributed by atoms with Crippen molar-refractivity contribution in [3.63, 3.8) is 0 Å². The number of hydrogen-bond acceptors (Lipinski definition) is 5. The van der Waals surface area contributed by atoms with Crippen molar-refractivity contribution in [2.75, 3.05) is 6.61 Å². The summed E-state index contributed by atoms with van der Waals surface area (Å²) in [5.74, 6) is 1.41. The Kier molecular flexibility index (Phi) is 4.98. The fraction of sp³-hybridized carbons (Fsp3) is 0.429. The molecular weight excluding hydrogens is 354 g/mol. The van der Waals surface area contributed by atoms with Gasteiger partial charge in [0.15, 0.2) is 0 Å². The highest BCUT2D eigenvalue weighted by Crippen LogP contribution is 2.46. The van der Waals surface area contributed by atoms with Gasteiger partial charge in [0.2, 0.25) is 5.88 Å². The maximum absolute atomic E-state index is 12.4. The second-order valence-electron chi connectivity index (χ2n) is 7.59. The largest absolute Gasteiger partial charge is 0.476 e. The van der Waals surface area contributed by atoms with Gasteiger partial charge in [0.25, 0.3) is 5.56 Å². The standard InChI is InChI=1S/C21H25N5O2/c1-14-4-7-19(22-12-14)18-10-16(18)13-28-20-11-15(21(27)26(3)24-20)5-6-17-8-9-25(2)23-17/h4,7-9,11-12,16,18H,5-6,10,13H2,1-3H3/t16-,18+/m1/s1. The minimum Gasteiger partial charge on any atom is -0.476 e. The number of nitrogens with zero attached hydrogens (tertiary/aromatic N) is 5. The lowest BCUT2D eigenvalue weighted by Crippen LogP contribution is -2.24. The second-order valence-corrected chi connectivity index (χ2v) is 7.59. The van der Waals surface area contributed by atoms with Gasteiger partial charge in [0.05, 0.1) is 12.3 Å². The smallest absolute Gasteiger partial charge is 0.269 e. The molecule has 0 saturated heterocycles. The predicted octanol–water partition coefficient (Wildman–Crippen LogP) is 2.18. The first kappa shape index (κ1) is 18.4. The minimum absolute atomic E-state index is 0.0866. The van der Waals surface area contributed by atoms with Crippen LogP contribution in [0.4, 0.5) is 0 Å². The molecule has 0 aromatic carbocycles. The molecule has 7 heteroatoms. The summed E-state index contributed by atoms with van der Waals surface area (Å²) in [6.45, 7) is 2.63. The van der Waals surface area contributed by atoms with E-state index in [0.29, 0.717) is 42.7 Å². The van der Waals surface area contributed by atoms with E-state index in [1.165, 1.54) is 10.2 Å². The van der Waals surface area contributed by atoms with Crippen molar-refractivity contribution in [2.24, 2.45) is 20.0 Å². The van der Waals surface area contributed by atoms with Crippen LogP contribution in [0, 0.1) is 12.8 Å². The van der Waals surface area contributed by atoms with Gasteiger partial charge in [-0.25, -0.2) is 4.68 Å². The number of aromatic nitrogens is 5. The summed E-state index contributed by atoms with van der Waals surface area (Å²) in [7, 11) is 3.55. The van der Waals surface area contributed by atoms with E-state index in [1.54, 1.807) is 17.8 Å². The first-order valence-electron chi connectivity index (χ1n) is 9.60. The van der Waals surface area contributed by atoms with Gasteiger partial charge in [-0.3, -0.25) is 14.5 Å². The lowest BCUT2D eigenvalue weighted by Gasteiger charge is -2.09. The van der Waals surface area contributed by atoms with Crippen molar-refractivity contribution in [1.82, 2.24) is 24.5 Å². The number of rotatable bonds is 7. The average Bonchev–Trinajstić information content (AvgIpc) is 3.34. The van der Waals surface area contributed by atoms with Gasteiger partial charge in [0, 0.05) is 55.6 Å². The average molecular weight is 379 g/mol. The fourth-order valence-electron chi connectivity index (χ4n) is 3.43. The second kappa shape index (κ2) is 7.58. The molecule has 1 fully saturated rings. The summed E-state index contributed by atoms with van der Waals surface area (Å²) in [5, 5.41) is 8.61. The summed E-state index contributed by atoms with van der Waals surface area (Å²) in [6, 6.07) is 7.93. The van der Waals surface area contributed by atoms with Crippen molar-refractivity contribution in [1.29, 1.82) is 0 Å². The zero-order chi connectivity index (χ0) is 19.7. The lowest BCUT2D eigenvalue weighted by atomic mass is 10.1. The number of pyridine rings is 1. The van der Waals surface area contributed by atoms with Crippen molar-refractivity contribution in [3.8, 4) is 5.88 Å². The Morgan fingerprint density at radius 1 is 1.18 bits per heavy atom. The number of ether oxygens (including phenoxy) is 1. The third-order valence-electron chi connectivity index (χ3n) is 5.22. The van der Waals surface area contributed by atoms with Gasteiger partial charge < -0.3 is 4.74 Å². The Balaban J connectivity index is 1.37. The highest BCUT2D eigenvalue weighted by molar-refractivity contribution is 5.22. The highest BCUT2D eigenvalue weighted by Gasteiger charge is 2.40. The van der Waals surface area contributed by atoms with E-state index < -0.39 is 0 Å². The maximum Gasteiger partial charge on any atom is 0.269 e. The minimum atomic E-state index is -0.0866. The molecule has 7 nitrogen and oxygen atoms in total. The third-order valence-corrected chi connectivity index (χ3v) is 5.22. The molecule has 0 spiro atoms. The summed E-state index contributed by atoms with van der Waals surface area (Å²) >= 11 is 0. The zero-order valence-corrected chi connectivity index (χ0v) is 16.5. The van der Waals surface area contributed by atoms with E-state index in [0.717, 1.165) is 17.8 Å². The van der Waals surface area contributed by atoms with Crippen LogP contribution in [0.5, 0.6) is 5.88 Å². The molecule has 1 saturated carbocycles. The molecule has 0 radical (unpaired) electrons. The Labute approximate surface area is 164 Å². The van der Waals surface area contributed by atoms with Crippen LogP contribution < -0.4 is 10.3 Å². The summed E-state index contributed by atoms with van der Waals surface area (Å²) in [6.07, 6.45) is 6.22. The Morgan fingerprint density at radius 2 is 2.04 bits per heavy atom. The number of aryl methyl sites for hydroxylation is 5. The normalized spacial score (nSPS) is 18.2. The fourth-order valence-corrected chi connectivity index (χ4v) is 3.43. The van der Waals surface area contributed by atoms with E-state index in [4.69, 9.17) is 4.74 Å². The van der Waals surface area contributed by atoms with Crippen LogP contribution in [0.25, 0.3) is 0 Å². The molecule has 0 bridgehead atoms. The van der Waals surface area contributed by atoms with E-state index in [-0.39, 0.29) is 5.56 Å². The SMILES string of the molecule is Cc1ccc([C@H]2C[C@@H]2COc2cc(CCc3ccn(C)n3)c(=O)n(C)n2)nc1. The van der Waals surface area contributed by atoms with E-state index in [1.807, 2.05) is 32.4 Å². The molecule has 2 atom stereocenters. The van der Waals surface area contributed by atoms with E-state index in [9.17, 15) is 4.79 Å². The topological polar surface area (TPSA) is 74.8 Å². The van der Waals surface area contributed by atoms with Crippen LogP contribution in [0.1, 0.15) is 34.9 Å². The van der Waals surface area contributed by atoms with Crippen LogP contribution in [0.3, 0.4) is 0 Å². The molecule has 0 unspecified atom stereocenters. The van der Waals surface area contributed by atoms with Gasteiger partial charge >= 0.3 is 0 Å². The Hall–Kier alpha value is -2.96. The van der Waals surface area contributed by atoms with Gasteiger partial charge in [-0.05, 0) is 43.9 Å². The van der Waals surface area contributed by atoms with Crippen LogP contribution in [-0.2, 0) is 26.9 Å².